The molecule has 0 unspecified atom stereocenters. The number of hydrogen-bond donors (Lipinski definition) is 1. The zero-order chi connectivity index (χ0) is 21.8. The van der Waals surface area contributed by atoms with Crippen LogP contribution in [0.5, 0.6) is 11.5 Å². The molecule has 1 N–H and O–H groups in total. The van der Waals surface area contributed by atoms with E-state index in [1.807, 2.05) is 6.92 Å². The molecule has 2 aromatic carbocycles. The van der Waals surface area contributed by atoms with Crippen LogP contribution in [-0.4, -0.2) is 47.8 Å². The minimum absolute atomic E-state index is 0.134. The molecule has 0 saturated carbocycles. The highest BCUT2D eigenvalue weighted by molar-refractivity contribution is 9.10. The highest BCUT2D eigenvalue weighted by atomic mass is 79.9. The quantitative estimate of drug-likeness (QED) is 0.585. The Morgan fingerprint density at radius 3 is 2.73 bits per heavy atom. The molecule has 1 saturated heterocycles. The summed E-state index contributed by atoms with van der Waals surface area (Å²) in [6.07, 6.45) is 1.76. The highest BCUT2D eigenvalue weighted by Gasteiger charge is 2.30. The molecule has 0 atom stereocenters. The van der Waals surface area contributed by atoms with Crippen molar-refractivity contribution in [2.24, 2.45) is 4.99 Å². The topological polar surface area (TPSA) is 88.4 Å². The van der Waals surface area contributed by atoms with Gasteiger partial charge < -0.3 is 14.6 Å². The predicted molar refractivity (Wildman–Crippen MR) is 121 cm³/mol. The number of hydrogen-bond acceptors (Lipinski definition) is 6. The lowest BCUT2D eigenvalue weighted by molar-refractivity contribution is -0.121. The second-order valence-corrected chi connectivity index (χ2v) is 8.05. The maximum atomic E-state index is 12.7. The van der Waals surface area contributed by atoms with Crippen molar-refractivity contribution < 1.29 is 24.2 Å². The molecule has 30 heavy (non-hydrogen) atoms. The summed E-state index contributed by atoms with van der Waals surface area (Å²) in [7, 11) is 3.20. The SMILES string of the molecule is CCOc1cc(/C=C2\SC(=Nc3cccc(C(=O)O)c3)N(C)C2=O)c(Br)cc1OC. The molecule has 1 fully saturated rings. The maximum Gasteiger partial charge on any atom is 0.335 e. The number of methoxy groups -OCH3 is 1. The number of thioether (sulfide) groups is 1. The number of carbonyl (C=O) groups excluding carboxylic acids is 1. The molecule has 1 aliphatic heterocycles. The summed E-state index contributed by atoms with van der Waals surface area (Å²) in [5, 5.41) is 9.60. The van der Waals surface area contributed by atoms with Gasteiger partial charge in [-0.2, -0.15) is 0 Å². The van der Waals surface area contributed by atoms with Gasteiger partial charge in [0, 0.05) is 11.5 Å². The Morgan fingerprint density at radius 1 is 1.30 bits per heavy atom. The van der Waals surface area contributed by atoms with E-state index in [0.717, 1.165) is 10.0 Å². The van der Waals surface area contributed by atoms with Gasteiger partial charge in [0.25, 0.3) is 5.91 Å². The van der Waals surface area contributed by atoms with E-state index >= 15 is 0 Å². The molecule has 7 nitrogen and oxygen atoms in total. The number of nitrogens with zero attached hydrogens (tertiary/aromatic N) is 2. The Balaban J connectivity index is 1.94. The summed E-state index contributed by atoms with van der Waals surface area (Å²) < 4.78 is 11.7. The third-order valence-electron chi connectivity index (χ3n) is 4.19. The summed E-state index contributed by atoms with van der Waals surface area (Å²) in [5.41, 5.74) is 1.36. The molecule has 2 aromatic rings. The van der Waals surface area contributed by atoms with Gasteiger partial charge in [0.1, 0.15) is 0 Å². The predicted octanol–water partition coefficient (Wildman–Crippen LogP) is 4.79. The number of likely N-dealkylation sites (N-methyl/N-ethyl adjacent to an activating group) is 1. The number of carboxylic acids is 1. The van der Waals surface area contributed by atoms with E-state index in [2.05, 4.69) is 20.9 Å². The van der Waals surface area contributed by atoms with Crippen LogP contribution in [0.2, 0.25) is 0 Å². The number of ether oxygens (including phenoxy) is 2. The van der Waals surface area contributed by atoms with Gasteiger partial charge in [-0.3, -0.25) is 9.69 Å². The van der Waals surface area contributed by atoms with Crippen LogP contribution < -0.4 is 9.47 Å². The number of rotatable bonds is 6. The van der Waals surface area contributed by atoms with Gasteiger partial charge in [-0.05, 0) is 60.7 Å². The molecule has 1 amide bonds. The molecule has 0 aromatic heterocycles. The second kappa shape index (κ2) is 9.36. The molecule has 1 heterocycles. The third-order valence-corrected chi connectivity index (χ3v) is 5.94. The molecule has 0 spiro atoms. The number of benzene rings is 2. The number of carboxylic acid groups (broad SMARTS) is 1. The summed E-state index contributed by atoms with van der Waals surface area (Å²) in [5.74, 6) is -0.0587. The standard InChI is InChI=1S/C21H19BrN2O5S/c1-4-29-17-9-13(15(22)11-16(17)28-3)10-18-19(25)24(2)21(30-18)23-14-7-5-6-12(8-14)20(26)27/h5-11H,4H2,1-3H3,(H,26,27)/b18-10-,23-21?. The van der Waals surface area contributed by atoms with Gasteiger partial charge in [-0.1, -0.05) is 22.0 Å². The van der Waals surface area contributed by atoms with E-state index in [1.165, 1.54) is 28.8 Å². The Morgan fingerprint density at radius 2 is 2.07 bits per heavy atom. The second-order valence-electron chi connectivity index (χ2n) is 6.18. The first-order valence-corrected chi connectivity index (χ1v) is 10.5. The van der Waals surface area contributed by atoms with Crippen LogP contribution in [0.15, 0.2) is 50.8 Å². The minimum atomic E-state index is -1.03. The maximum absolute atomic E-state index is 12.7. The Labute approximate surface area is 186 Å². The number of amides is 1. The number of aliphatic imine (C=N–C) groups is 1. The van der Waals surface area contributed by atoms with E-state index in [4.69, 9.17) is 14.6 Å². The average Bonchev–Trinajstić information content (AvgIpc) is 2.98. The minimum Gasteiger partial charge on any atom is -0.493 e. The van der Waals surface area contributed by atoms with Crippen molar-refractivity contribution in [1.29, 1.82) is 0 Å². The molecule has 3 rings (SSSR count). The van der Waals surface area contributed by atoms with Crippen molar-refractivity contribution in [3.63, 3.8) is 0 Å². The summed E-state index contributed by atoms with van der Waals surface area (Å²) >= 11 is 4.72. The fourth-order valence-corrected chi connectivity index (χ4v) is 4.12. The van der Waals surface area contributed by atoms with Crippen molar-refractivity contribution >= 4 is 56.5 Å². The Hall–Kier alpha value is -2.78. The molecule has 0 bridgehead atoms. The van der Waals surface area contributed by atoms with E-state index in [9.17, 15) is 9.59 Å². The van der Waals surface area contributed by atoms with Gasteiger partial charge in [-0.25, -0.2) is 9.79 Å². The molecular weight excluding hydrogens is 472 g/mol. The number of carbonyl (C=O) groups is 2. The molecule has 9 heteroatoms. The van der Waals surface area contributed by atoms with Crippen LogP contribution in [0.25, 0.3) is 6.08 Å². The van der Waals surface area contributed by atoms with Crippen LogP contribution in [-0.2, 0) is 4.79 Å². The number of aromatic carboxylic acids is 1. The summed E-state index contributed by atoms with van der Waals surface area (Å²) in [6.45, 7) is 2.36. The van der Waals surface area contributed by atoms with Crippen LogP contribution in [0.3, 0.4) is 0 Å². The fourth-order valence-electron chi connectivity index (χ4n) is 2.70. The van der Waals surface area contributed by atoms with E-state index in [1.54, 1.807) is 44.5 Å². The third kappa shape index (κ3) is 4.68. The van der Waals surface area contributed by atoms with Gasteiger partial charge in [0.2, 0.25) is 0 Å². The lowest BCUT2D eigenvalue weighted by Gasteiger charge is -2.11. The van der Waals surface area contributed by atoms with Gasteiger partial charge in [0.15, 0.2) is 16.7 Å². The zero-order valence-corrected chi connectivity index (χ0v) is 18.9. The van der Waals surface area contributed by atoms with E-state index in [0.29, 0.717) is 33.9 Å². The highest BCUT2D eigenvalue weighted by Crippen LogP contribution is 2.38. The number of amidine groups is 1. The largest absolute Gasteiger partial charge is 0.493 e. The first-order valence-electron chi connectivity index (χ1n) is 8.94. The molecule has 0 aliphatic carbocycles. The molecule has 0 radical (unpaired) electrons. The number of halogens is 1. The average molecular weight is 491 g/mol. The van der Waals surface area contributed by atoms with Gasteiger partial charge >= 0.3 is 5.97 Å². The first kappa shape index (κ1) is 21.9. The van der Waals surface area contributed by atoms with Crippen molar-refractivity contribution in [1.82, 2.24) is 4.90 Å². The Kier molecular flexibility index (Phi) is 6.84. The molecule has 156 valence electrons. The van der Waals surface area contributed by atoms with Gasteiger partial charge in [0.05, 0.1) is 29.9 Å². The van der Waals surface area contributed by atoms with Crippen molar-refractivity contribution in [3.05, 3.63) is 56.9 Å². The lowest BCUT2D eigenvalue weighted by Crippen LogP contribution is -2.23. The normalized spacial score (nSPS) is 16.4. The van der Waals surface area contributed by atoms with Crippen LogP contribution >= 0.6 is 27.7 Å². The zero-order valence-electron chi connectivity index (χ0n) is 16.5. The summed E-state index contributed by atoms with van der Waals surface area (Å²) in [4.78, 5) is 30.2. The van der Waals surface area contributed by atoms with Crippen molar-refractivity contribution in [3.8, 4) is 11.5 Å². The smallest absolute Gasteiger partial charge is 0.335 e. The first-order chi connectivity index (χ1) is 14.3. The van der Waals surface area contributed by atoms with E-state index < -0.39 is 5.97 Å². The monoisotopic (exact) mass is 490 g/mol. The Bertz CT molecular complexity index is 1070. The van der Waals surface area contributed by atoms with Crippen LogP contribution in [0, 0.1) is 0 Å². The molecule has 1 aliphatic rings. The molecular formula is C21H19BrN2O5S. The van der Waals surface area contributed by atoms with Crippen LogP contribution in [0.4, 0.5) is 5.69 Å². The lowest BCUT2D eigenvalue weighted by atomic mass is 10.2. The van der Waals surface area contributed by atoms with Gasteiger partial charge in [-0.15, -0.1) is 0 Å². The fraction of sp³-hybridized carbons (Fsp3) is 0.190. The summed E-state index contributed by atoms with van der Waals surface area (Å²) in [6, 6.07) is 9.85. The van der Waals surface area contributed by atoms with E-state index in [-0.39, 0.29) is 11.5 Å². The van der Waals surface area contributed by atoms with Crippen molar-refractivity contribution in [2.75, 3.05) is 20.8 Å². The van der Waals surface area contributed by atoms with Crippen molar-refractivity contribution in [2.45, 2.75) is 6.92 Å². The van der Waals surface area contributed by atoms with Crippen LogP contribution in [0.1, 0.15) is 22.8 Å².